The lowest BCUT2D eigenvalue weighted by molar-refractivity contribution is -0.0514. The van der Waals surface area contributed by atoms with Gasteiger partial charge < -0.3 is 20.1 Å². The fourth-order valence-electron chi connectivity index (χ4n) is 1.72. The first-order valence-corrected chi connectivity index (χ1v) is 6.16. The second kappa shape index (κ2) is 7.91. The average molecular weight is 274 g/mol. The van der Waals surface area contributed by atoms with Crippen molar-refractivity contribution >= 4 is 0 Å². The van der Waals surface area contributed by atoms with E-state index in [2.05, 4.69) is 4.74 Å². The monoisotopic (exact) mass is 274 g/mol. The number of benzene rings is 1. The lowest BCUT2D eigenvalue weighted by atomic mass is 10.2. The topological polar surface area (TPSA) is 47.7 Å². The van der Waals surface area contributed by atoms with E-state index in [1.165, 1.54) is 6.07 Å². The molecule has 4 nitrogen and oxygen atoms in total. The molecule has 2 N–H and O–H groups in total. The zero-order chi connectivity index (χ0) is 14.3. The molecule has 0 aromatic heterocycles. The van der Waals surface area contributed by atoms with Crippen LogP contribution in [0.1, 0.15) is 12.5 Å². The van der Waals surface area contributed by atoms with E-state index in [1.54, 1.807) is 19.1 Å². The standard InChI is InChI=1S/C13H20F2N2O2/c1-3-18-12-8-10(9-17(2)7-6-16)4-5-11(12)19-13(14)15/h4-5,8,13H,3,6-7,9,16H2,1-2H3. The van der Waals surface area contributed by atoms with E-state index >= 15 is 0 Å². The van der Waals surface area contributed by atoms with E-state index < -0.39 is 6.61 Å². The van der Waals surface area contributed by atoms with Gasteiger partial charge in [-0.3, -0.25) is 0 Å². The van der Waals surface area contributed by atoms with Crippen LogP contribution in [0.5, 0.6) is 11.5 Å². The Bertz CT molecular complexity index is 389. The quantitative estimate of drug-likeness (QED) is 0.788. The molecule has 1 rings (SSSR count). The third-order valence-corrected chi connectivity index (χ3v) is 2.49. The summed E-state index contributed by atoms with van der Waals surface area (Å²) < 4.78 is 34.2. The molecule has 1 aromatic carbocycles. The maximum atomic E-state index is 12.3. The summed E-state index contributed by atoms with van der Waals surface area (Å²) in [4.78, 5) is 2.04. The highest BCUT2D eigenvalue weighted by molar-refractivity contribution is 5.43. The van der Waals surface area contributed by atoms with E-state index in [-0.39, 0.29) is 5.75 Å². The van der Waals surface area contributed by atoms with Gasteiger partial charge >= 0.3 is 6.61 Å². The van der Waals surface area contributed by atoms with Crippen molar-refractivity contribution in [3.05, 3.63) is 23.8 Å². The molecule has 0 radical (unpaired) electrons. The third-order valence-electron chi connectivity index (χ3n) is 2.49. The second-order valence-corrected chi connectivity index (χ2v) is 4.12. The Morgan fingerprint density at radius 1 is 1.32 bits per heavy atom. The number of rotatable bonds is 8. The highest BCUT2D eigenvalue weighted by atomic mass is 19.3. The summed E-state index contributed by atoms with van der Waals surface area (Å²) in [5, 5.41) is 0. The lowest BCUT2D eigenvalue weighted by Crippen LogP contribution is -2.24. The van der Waals surface area contributed by atoms with E-state index in [1.807, 2.05) is 11.9 Å². The molecule has 0 amide bonds. The summed E-state index contributed by atoms with van der Waals surface area (Å²) in [7, 11) is 1.94. The Kier molecular flexibility index (Phi) is 6.52. The van der Waals surface area contributed by atoms with Gasteiger partial charge in [0, 0.05) is 19.6 Å². The smallest absolute Gasteiger partial charge is 0.387 e. The third kappa shape index (κ3) is 5.40. The van der Waals surface area contributed by atoms with Crippen molar-refractivity contribution < 1.29 is 18.3 Å². The van der Waals surface area contributed by atoms with Crippen molar-refractivity contribution in [2.24, 2.45) is 5.73 Å². The predicted molar refractivity (Wildman–Crippen MR) is 69.6 cm³/mol. The molecule has 108 valence electrons. The van der Waals surface area contributed by atoms with Gasteiger partial charge in [-0.25, -0.2) is 0 Å². The number of hydrogen-bond acceptors (Lipinski definition) is 4. The van der Waals surface area contributed by atoms with E-state index in [0.29, 0.717) is 25.4 Å². The number of nitrogens with two attached hydrogens (primary N) is 1. The normalized spacial score (nSPS) is 11.1. The van der Waals surface area contributed by atoms with Crippen LogP contribution in [0.3, 0.4) is 0 Å². The molecule has 0 heterocycles. The molecule has 0 unspecified atom stereocenters. The van der Waals surface area contributed by atoms with Crippen LogP contribution in [0.4, 0.5) is 8.78 Å². The van der Waals surface area contributed by atoms with Gasteiger partial charge in [-0.1, -0.05) is 6.07 Å². The summed E-state index contributed by atoms with van der Waals surface area (Å²) >= 11 is 0. The van der Waals surface area contributed by atoms with Gasteiger partial charge in [0.25, 0.3) is 0 Å². The van der Waals surface area contributed by atoms with Crippen molar-refractivity contribution in [3.63, 3.8) is 0 Å². The Morgan fingerprint density at radius 2 is 2.05 bits per heavy atom. The molecule has 19 heavy (non-hydrogen) atoms. The number of ether oxygens (including phenoxy) is 2. The lowest BCUT2D eigenvalue weighted by Gasteiger charge is -2.17. The molecule has 0 fully saturated rings. The number of halogens is 2. The number of alkyl halides is 2. The Balaban J connectivity index is 2.82. The molecule has 0 aliphatic heterocycles. The molecule has 0 saturated carbocycles. The van der Waals surface area contributed by atoms with Crippen LogP contribution in [-0.2, 0) is 6.54 Å². The summed E-state index contributed by atoms with van der Waals surface area (Å²) in [6.45, 7) is 1.33. The Morgan fingerprint density at radius 3 is 2.63 bits per heavy atom. The molecule has 0 bridgehead atoms. The Hall–Kier alpha value is -1.40. The van der Waals surface area contributed by atoms with Crippen LogP contribution < -0.4 is 15.2 Å². The van der Waals surface area contributed by atoms with Crippen LogP contribution in [0.2, 0.25) is 0 Å². The van der Waals surface area contributed by atoms with E-state index in [0.717, 1.165) is 12.1 Å². The fourth-order valence-corrected chi connectivity index (χ4v) is 1.72. The van der Waals surface area contributed by atoms with Crippen LogP contribution in [0.15, 0.2) is 18.2 Å². The molecule has 0 atom stereocenters. The minimum atomic E-state index is -2.86. The molecule has 1 aromatic rings. The van der Waals surface area contributed by atoms with E-state index in [4.69, 9.17) is 10.5 Å². The SMILES string of the molecule is CCOc1cc(CN(C)CCN)ccc1OC(F)F. The minimum absolute atomic E-state index is 0.0575. The van der Waals surface area contributed by atoms with Crippen molar-refractivity contribution in [2.75, 3.05) is 26.7 Å². The number of nitrogens with zero attached hydrogens (tertiary/aromatic N) is 1. The van der Waals surface area contributed by atoms with Crippen LogP contribution in [0, 0.1) is 0 Å². The van der Waals surface area contributed by atoms with Crippen molar-refractivity contribution in [2.45, 2.75) is 20.1 Å². The average Bonchev–Trinajstić information content (AvgIpc) is 2.32. The molecule has 0 aliphatic rings. The first kappa shape index (κ1) is 15.7. The maximum absolute atomic E-state index is 12.3. The molecule has 0 aliphatic carbocycles. The summed E-state index contributed by atoms with van der Waals surface area (Å²) in [5.41, 5.74) is 6.43. The maximum Gasteiger partial charge on any atom is 0.387 e. The highest BCUT2D eigenvalue weighted by Gasteiger charge is 2.12. The van der Waals surface area contributed by atoms with Gasteiger partial charge in [0.1, 0.15) is 0 Å². The number of likely N-dealkylation sites (N-methyl/N-ethyl adjacent to an activating group) is 1. The second-order valence-electron chi connectivity index (χ2n) is 4.12. The summed E-state index contributed by atoms with van der Waals surface area (Å²) in [5.74, 6) is 0.392. The summed E-state index contributed by atoms with van der Waals surface area (Å²) in [6.07, 6.45) is 0. The van der Waals surface area contributed by atoms with E-state index in [9.17, 15) is 8.78 Å². The first-order valence-electron chi connectivity index (χ1n) is 6.16. The van der Waals surface area contributed by atoms with Crippen molar-refractivity contribution in [1.29, 1.82) is 0 Å². The molecule has 0 spiro atoms. The number of hydrogen-bond donors (Lipinski definition) is 1. The fraction of sp³-hybridized carbons (Fsp3) is 0.538. The Labute approximate surface area is 112 Å². The van der Waals surface area contributed by atoms with Crippen molar-refractivity contribution in [1.82, 2.24) is 4.90 Å². The molecular formula is C13H20F2N2O2. The first-order chi connectivity index (χ1) is 9.06. The summed E-state index contributed by atoms with van der Waals surface area (Å²) in [6, 6.07) is 4.96. The van der Waals surface area contributed by atoms with Gasteiger partial charge in [0.15, 0.2) is 11.5 Å². The van der Waals surface area contributed by atoms with Gasteiger partial charge in [-0.05, 0) is 31.7 Å². The molecule has 0 saturated heterocycles. The molecule has 6 heteroatoms. The largest absolute Gasteiger partial charge is 0.490 e. The van der Waals surface area contributed by atoms with Gasteiger partial charge in [0.2, 0.25) is 0 Å². The highest BCUT2D eigenvalue weighted by Crippen LogP contribution is 2.30. The molecular weight excluding hydrogens is 254 g/mol. The zero-order valence-corrected chi connectivity index (χ0v) is 11.2. The van der Waals surface area contributed by atoms with Crippen LogP contribution in [-0.4, -0.2) is 38.3 Å². The van der Waals surface area contributed by atoms with Gasteiger partial charge in [-0.2, -0.15) is 8.78 Å². The van der Waals surface area contributed by atoms with Gasteiger partial charge in [0.05, 0.1) is 6.61 Å². The van der Waals surface area contributed by atoms with Crippen LogP contribution >= 0.6 is 0 Å². The zero-order valence-electron chi connectivity index (χ0n) is 11.2. The van der Waals surface area contributed by atoms with Crippen LogP contribution in [0.25, 0.3) is 0 Å². The minimum Gasteiger partial charge on any atom is -0.490 e. The van der Waals surface area contributed by atoms with Gasteiger partial charge in [-0.15, -0.1) is 0 Å². The predicted octanol–water partition coefficient (Wildman–Crippen LogP) is 2.08. The van der Waals surface area contributed by atoms with Crippen molar-refractivity contribution in [3.8, 4) is 11.5 Å².